The first kappa shape index (κ1) is 15.6. The van der Waals surface area contributed by atoms with Gasteiger partial charge in [0.15, 0.2) is 0 Å². The number of ether oxygens (including phenoxy) is 1. The van der Waals surface area contributed by atoms with Crippen LogP contribution < -0.4 is 10.1 Å². The van der Waals surface area contributed by atoms with Gasteiger partial charge in [-0.3, -0.25) is 0 Å². The fourth-order valence-electron chi connectivity index (χ4n) is 2.54. The van der Waals surface area contributed by atoms with Crippen LogP contribution in [0.15, 0.2) is 24.3 Å². The number of benzene rings is 1. The van der Waals surface area contributed by atoms with Gasteiger partial charge in [-0.05, 0) is 30.7 Å². The van der Waals surface area contributed by atoms with Crippen LogP contribution in [0.1, 0.15) is 24.9 Å². The summed E-state index contributed by atoms with van der Waals surface area (Å²) in [5.41, 5.74) is 1.19. The Morgan fingerprint density at radius 3 is 2.52 bits per heavy atom. The van der Waals surface area contributed by atoms with Crippen LogP contribution in [0, 0.1) is 0 Å². The second-order valence-corrected chi connectivity index (χ2v) is 5.43. The molecule has 5 heteroatoms. The fraction of sp³-hybridized carbons (Fsp3) is 0.562. The monoisotopic (exact) mass is 291 g/mol. The minimum absolute atomic E-state index is 0.117. The van der Waals surface area contributed by atoms with E-state index in [1.54, 1.807) is 12.0 Å². The molecule has 1 N–H and O–H groups in total. The molecule has 1 aliphatic rings. The first-order chi connectivity index (χ1) is 10.2. The highest BCUT2D eigenvalue weighted by atomic mass is 16.5. The van der Waals surface area contributed by atoms with Crippen molar-refractivity contribution in [3.63, 3.8) is 0 Å². The quantitative estimate of drug-likeness (QED) is 0.837. The summed E-state index contributed by atoms with van der Waals surface area (Å²) in [5.74, 6) is 0.852. The van der Waals surface area contributed by atoms with Gasteiger partial charge >= 0.3 is 6.03 Å². The first-order valence-corrected chi connectivity index (χ1v) is 7.53. The summed E-state index contributed by atoms with van der Waals surface area (Å²) in [6.45, 7) is 5.40. The van der Waals surface area contributed by atoms with Crippen molar-refractivity contribution in [1.82, 2.24) is 15.1 Å². The first-order valence-electron chi connectivity index (χ1n) is 7.53. The highest BCUT2D eigenvalue weighted by molar-refractivity contribution is 5.76. The van der Waals surface area contributed by atoms with Crippen LogP contribution in [-0.2, 0) is 0 Å². The van der Waals surface area contributed by atoms with Gasteiger partial charge in [0.1, 0.15) is 5.75 Å². The minimum atomic E-state index is 0.117. The van der Waals surface area contributed by atoms with Crippen LogP contribution in [0.3, 0.4) is 0 Å². The van der Waals surface area contributed by atoms with E-state index in [0.717, 1.165) is 31.8 Å². The molecule has 2 rings (SSSR count). The molecule has 1 heterocycles. The molecule has 0 bridgehead atoms. The number of carbonyl (C=O) groups is 1. The van der Waals surface area contributed by atoms with E-state index < -0.39 is 0 Å². The Morgan fingerprint density at radius 1 is 1.29 bits per heavy atom. The lowest BCUT2D eigenvalue weighted by Gasteiger charge is -2.25. The van der Waals surface area contributed by atoms with Crippen molar-refractivity contribution < 1.29 is 9.53 Å². The van der Waals surface area contributed by atoms with Gasteiger partial charge in [0, 0.05) is 32.7 Å². The summed E-state index contributed by atoms with van der Waals surface area (Å²) < 4.78 is 5.20. The Bertz CT molecular complexity index is 461. The topological polar surface area (TPSA) is 44.8 Å². The summed E-state index contributed by atoms with van der Waals surface area (Å²) in [6, 6.07) is 8.34. The molecule has 1 saturated heterocycles. The molecule has 1 aromatic rings. The number of methoxy groups -OCH3 is 1. The average Bonchev–Trinajstić information content (AvgIpc) is 2.83. The van der Waals surface area contributed by atoms with Crippen LogP contribution >= 0.6 is 0 Å². The minimum Gasteiger partial charge on any atom is -0.497 e. The standard InChI is InChI=1S/C16H25N3O2/c1-4-9-17-15(12-19-11-10-18(2)16(19)20)13-5-7-14(21-3)8-6-13/h5-8,15,17H,4,9-12H2,1-3H3. The van der Waals surface area contributed by atoms with E-state index in [2.05, 4.69) is 24.4 Å². The summed E-state index contributed by atoms with van der Waals surface area (Å²) in [5, 5.41) is 3.53. The number of carbonyl (C=O) groups excluding carboxylic acids is 1. The van der Waals surface area contributed by atoms with Gasteiger partial charge in [-0.2, -0.15) is 0 Å². The zero-order valence-corrected chi connectivity index (χ0v) is 13.1. The Morgan fingerprint density at radius 2 is 2.00 bits per heavy atom. The lowest BCUT2D eigenvalue weighted by molar-refractivity contribution is 0.194. The van der Waals surface area contributed by atoms with Gasteiger partial charge in [-0.1, -0.05) is 19.1 Å². The second-order valence-electron chi connectivity index (χ2n) is 5.43. The number of likely N-dealkylation sites (N-methyl/N-ethyl adjacent to an activating group) is 1. The van der Waals surface area contributed by atoms with E-state index in [0.29, 0.717) is 6.54 Å². The SMILES string of the molecule is CCCNC(CN1CCN(C)C1=O)c1ccc(OC)cc1. The molecule has 116 valence electrons. The zero-order chi connectivity index (χ0) is 15.2. The van der Waals surface area contributed by atoms with Crippen LogP contribution in [0.25, 0.3) is 0 Å². The van der Waals surface area contributed by atoms with Crippen molar-refractivity contribution in [3.05, 3.63) is 29.8 Å². The normalized spacial score (nSPS) is 16.4. The van der Waals surface area contributed by atoms with Crippen molar-refractivity contribution in [3.8, 4) is 5.75 Å². The number of hydrogen-bond donors (Lipinski definition) is 1. The second kappa shape index (κ2) is 7.31. The van der Waals surface area contributed by atoms with Gasteiger partial charge in [-0.15, -0.1) is 0 Å². The molecule has 0 spiro atoms. The van der Waals surface area contributed by atoms with Crippen LogP contribution in [0.5, 0.6) is 5.75 Å². The van der Waals surface area contributed by atoms with E-state index in [1.165, 1.54) is 5.56 Å². The molecule has 5 nitrogen and oxygen atoms in total. The molecular formula is C16H25N3O2. The molecule has 0 aliphatic carbocycles. The maximum atomic E-state index is 12.1. The Balaban J connectivity index is 2.07. The lowest BCUT2D eigenvalue weighted by Crippen LogP contribution is -2.37. The van der Waals surface area contributed by atoms with Crippen molar-refractivity contribution in [2.24, 2.45) is 0 Å². The van der Waals surface area contributed by atoms with Crippen LogP contribution in [-0.4, -0.2) is 56.2 Å². The molecule has 21 heavy (non-hydrogen) atoms. The predicted molar refractivity (Wildman–Crippen MR) is 83.6 cm³/mol. The van der Waals surface area contributed by atoms with Crippen molar-refractivity contribution in [1.29, 1.82) is 0 Å². The molecule has 1 atom stereocenters. The number of rotatable bonds is 7. The fourth-order valence-corrected chi connectivity index (χ4v) is 2.54. The zero-order valence-electron chi connectivity index (χ0n) is 13.1. The smallest absolute Gasteiger partial charge is 0.319 e. The number of nitrogens with zero attached hydrogens (tertiary/aromatic N) is 2. The third-order valence-electron chi connectivity index (χ3n) is 3.86. The maximum absolute atomic E-state index is 12.1. The molecule has 0 radical (unpaired) electrons. The van der Waals surface area contributed by atoms with E-state index in [1.807, 2.05) is 24.1 Å². The van der Waals surface area contributed by atoms with E-state index >= 15 is 0 Å². The summed E-state index contributed by atoms with van der Waals surface area (Å²) in [6.07, 6.45) is 1.07. The molecule has 2 amide bonds. The van der Waals surface area contributed by atoms with Gasteiger partial charge < -0.3 is 19.9 Å². The highest BCUT2D eigenvalue weighted by Gasteiger charge is 2.27. The van der Waals surface area contributed by atoms with Crippen molar-refractivity contribution in [2.45, 2.75) is 19.4 Å². The lowest BCUT2D eigenvalue weighted by atomic mass is 10.1. The van der Waals surface area contributed by atoms with Crippen LogP contribution in [0.4, 0.5) is 4.79 Å². The third-order valence-corrected chi connectivity index (χ3v) is 3.86. The Kier molecular flexibility index (Phi) is 5.44. The van der Waals surface area contributed by atoms with Crippen molar-refractivity contribution in [2.75, 3.05) is 40.3 Å². The van der Waals surface area contributed by atoms with E-state index in [9.17, 15) is 4.79 Å². The molecular weight excluding hydrogens is 266 g/mol. The van der Waals surface area contributed by atoms with E-state index in [4.69, 9.17) is 4.74 Å². The van der Waals surface area contributed by atoms with Crippen LogP contribution in [0.2, 0.25) is 0 Å². The summed E-state index contributed by atoms with van der Waals surface area (Å²) in [7, 11) is 3.52. The Labute approximate surface area is 126 Å². The number of urea groups is 1. The van der Waals surface area contributed by atoms with Crippen molar-refractivity contribution >= 4 is 6.03 Å². The Hall–Kier alpha value is -1.75. The summed E-state index contributed by atoms with van der Waals surface area (Å²) in [4.78, 5) is 15.7. The maximum Gasteiger partial charge on any atom is 0.319 e. The predicted octanol–water partition coefficient (Wildman–Crippen LogP) is 2.10. The molecule has 1 aliphatic heterocycles. The number of hydrogen-bond acceptors (Lipinski definition) is 3. The van der Waals surface area contributed by atoms with Gasteiger partial charge in [-0.25, -0.2) is 4.79 Å². The summed E-state index contributed by atoms with van der Waals surface area (Å²) >= 11 is 0. The van der Waals surface area contributed by atoms with Gasteiger partial charge in [0.25, 0.3) is 0 Å². The molecule has 0 aromatic heterocycles. The molecule has 1 aromatic carbocycles. The van der Waals surface area contributed by atoms with Gasteiger partial charge in [0.2, 0.25) is 0 Å². The van der Waals surface area contributed by atoms with Gasteiger partial charge in [0.05, 0.1) is 7.11 Å². The molecule has 0 saturated carbocycles. The number of amides is 2. The largest absolute Gasteiger partial charge is 0.497 e. The number of nitrogens with one attached hydrogen (secondary N) is 1. The highest BCUT2D eigenvalue weighted by Crippen LogP contribution is 2.20. The third kappa shape index (κ3) is 3.88. The molecule has 1 fully saturated rings. The van der Waals surface area contributed by atoms with E-state index in [-0.39, 0.29) is 12.1 Å². The average molecular weight is 291 g/mol. The molecule has 1 unspecified atom stereocenters.